The fourth-order valence-corrected chi connectivity index (χ4v) is 11.8. The number of allylic oxidation sites excluding steroid dienone is 8. The predicted molar refractivity (Wildman–Crippen MR) is 257 cm³/mol. The molecule has 0 saturated heterocycles. The van der Waals surface area contributed by atoms with Crippen molar-refractivity contribution in [2.24, 2.45) is 0 Å². The molecule has 6 aromatic carbocycles. The van der Waals surface area contributed by atoms with Crippen LogP contribution < -0.4 is 14.7 Å². The summed E-state index contributed by atoms with van der Waals surface area (Å²) in [5.41, 5.74) is 10.8. The zero-order valence-corrected chi connectivity index (χ0v) is 35.3. The average molecular weight is 784 g/mol. The third-order valence-electron chi connectivity index (χ3n) is 14.4. The van der Waals surface area contributed by atoms with E-state index >= 15 is 0 Å². The largest absolute Gasteiger partial charge is 0.367 e. The summed E-state index contributed by atoms with van der Waals surface area (Å²) in [6.45, 7) is 0. The van der Waals surface area contributed by atoms with E-state index in [0.717, 1.165) is 17.1 Å². The number of para-hydroxylation sites is 2. The molecule has 0 aromatic heterocycles. The van der Waals surface area contributed by atoms with Crippen molar-refractivity contribution in [3.05, 3.63) is 205 Å². The highest BCUT2D eigenvalue weighted by molar-refractivity contribution is 5.95. The SMILES string of the molecule is CN1/C(=C/C=C/C=C(/C=C/C=C/C2N(C)c3ccc4ccccc4c3C23CCCCC3)N(c2ccccc2)c2ccccc2)C2(CCCCC2)c2c1ccc1ccccc21. The van der Waals surface area contributed by atoms with E-state index < -0.39 is 0 Å². The predicted octanol–water partition coefficient (Wildman–Crippen LogP) is 14.6. The van der Waals surface area contributed by atoms with Crippen LogP contribution in [0, 0.1) is 0 Å². The summed E-state index contributed by atoms with van der Waals surface area (Å²) in [5, 5.41) is 5.53. The van der Waals surface area contributed by atoms with Crippen molar-refractivity contribution in [3.8, 4) is 0 Å². The van der Waals surface area contributed by atoms with Crippen LogP contribution >= 0.6 is 0 Å². The fraction of sp³-hybridized carbons (Fsp3) is 0.263. The maximum atomic E-state index is 2.56. The Bertz CT molecular complexity index is 2610. The number of likely N-dealkylation sites (N-methyl/N-ethyl adjacent to an activating group) is 2. The molecule has 0 radical (unpaired) electrons. The molecule has 4 aliphatic rings. The van der Waals surface area contributed by atoms with Gasteiger partial charge >= 0.3 is 0 Å². The first-order valence-electron chi connectivity index (χ1n) is 22.4. The standard InChI is InChI=1S/C57H57N3/c1-58-50-37-35-43-23-11-15-31-48(43)54(50)56(39-19-5-20-40-56)52(58)33-17-13-29-47(60(45-25-7-3-8-26-45)46-27-9-4-10-28-46)30-14-18-34-53-57(41-21-6-22-42-57)55-49-32-16-12-24-44(49)36-38-51(55)59(53)2/h3-4,7-18,23-38,52H,5-6,19-22,39-42H2,1-2H3/b18-14+,29-13+,33-17+,47-30-,53-34+. The zero-order chi connectivity index (χ0) is 40.5. The molecular formula is C57H57N3. The van der Waals surface area contributed by atoms with Crippen molar-refractivity contribution in [2.45, 2.75) is 81.1 Å². The van der Waals surface area contributed by atoms with Gasteiger partial charge in [0.25, 0.3) is 0 Å². The minimum absolute atomic E-state index is 0.0416. The maximum Gasteiger partial charge on any atom is 0.0570 e. The van der Waals surface area contributed by atoms with Gasteiger partial charge in [-0.25, -0.2) is 0 Å². The number of hydrogen-bond donors (Lipinski definition) is 0. The lowest BCUT2D eigenvalue weighted by molar-refractivity contribution is 0.282. The molecule has 0 bridgehead atoms. The van der Waals surface area contributed by atoms with E-state index in [0.29, 0.717) is 6.04 Å². The van der Waals surface area contributed by atoms with Gasteiger partial charge in [0, 0.05) is 59.1 Å². The van der Waals surface area contributed by atoms with E-state index in [1.54, 1.807) is 5.56 Å². The molecule has 0 N–H and O–H groups in total. The maximum absolute atomic E-state index is 2.56. The second-order valence-corrected chi connectivity index (χ2v) is 17.6. The van der Waals surface area contributed by atoms with Crippen LogP contribution in [0.25, 0.3) is 21.5 Å². The Labute approximate surface area is 357 Å². The number of benzene rings is 6. The van der Waals surface area contributed by atoms with Gasteiger partial charge < -0.3 is 14.7 Å². The number of fused-ring (bicyclic) bond motifs is 8. The molecular weight excluding hydrogens is 727 g/mol. The number of hydrogen-bond acceptors (Lipinski definition) is 3. The van der Waals surface area contributed by atoms with Gasteiger partial charge in [-0.3, -0.25) is 0 Å². The lowest BCUT2D eigenvalue weighted by Gasteiger charge is -2.40. The second kappa shape index (κ2) is 16.2. The van der Waals surface area contributed by atoms with Gasteiger partial charge in [-0.2, -0.15) is 0 Å². The Morgan fingerprint density at radius 2 is 1.12 bits per heavy atom. The summed E-state index contributed by atoms with van der Waals surface area (Å²) in [6, 6.07) is 49.2. The van der Waals surface area contributed by atoms with Crippen molar-refractivity contribution in [3.63, 3.8) is 0 Å². The Morgan fingerprint density at radius 3 is 1.77 bits per heavy atom. The first kappa shape index (κ1) is 38.2. The van der Waals surface area contributed by atoms with Crippen LogP contribution in [0.3, 0.4) is 0 Å². The highest BCUT2D eigenvalue weighted by Gasteiger charge is 2.50. The molecule has 3 nitrogen and oxygen atoms in total. The van der Waals surface area contributed by atoms with Crippen LogP contribution in [0.5, 0.6) is 0 Å². The van der Waals surface area contributed by atoms with Crippen LogP contribution in [-0.2, 0) is 10.8 Å². The van der Waals surface area contributed by atoms with E-state index in [-0.39, 0.29) is 10.8 Å². The molecule has 2 aliphatic heterocycles. The summed E-state index contributed by atoms with van der Waals surface area (Å²) in [6.07, 6.45) is 31.2. The molecule has 2 fully saturated rings. The molecule has 10 rings (SSSR count). The fourth-order valence-electron chi connectivity index (χ4n) is 11.8. The lowest BCUT2D eigenvalue weighted by Crippen LogP contribution is -2.43. The van der Waals surface area contributed by atoms with Crippen LogP contribution in [0.4, 0.5) is 22.7 Å². The van der Waals surface area contributed by atoms with Gasteiger partial charge in [-0.1, -0.05) is 166 Å². The molecule has 6 aromatic rings. The van der Waals surface area contributed by atoms with E-state index in [1.807, 2.05) is 0 Å². The molecule has 2 aliphatic carbocycles. The van der Waals surface area contributed by atoms with Gasteiger partial charge in [0.05, 0.1) is 6.04 Å². The monoisotopic (exact) mass is 783 g/mol. The lowest BCUT2D eigenvalue weighted by atomic mass is 9.65. The molecule has 2 heterocycles. The molecule has 3 heteroatoms. The normalized spacial score (nSPS) is 20.5. The van der Waals surface area contributed by atoms with E-state index in [9.17, 15) is 0 Å². The number of rotatable bonds is 8. The van der Waals surface area contributed by atoms with Crippen LogP contribution in [-0.4, -0.2) is 20.1 Å². The third kappa shape index (κ3) is 6.51. The summed E-state index contributed by atoms with van der Waals surface area (Å²) in [7, 11) is 4.59. The Kier molecular flexibility index (Phi) is 10.3. The van der Waals surface area contributed by atoms with Gasteiger partial charge in [0.15, 0.2) is 0 Å². The Balaban J connectivity index is 1.03. The summed E-state index contributed by atoms with van der Waals surface area (Å²) in [5.74, 6) is 0. The van der Waals surface area contributed by atoms with Crippen molar-refractivity contribution in [2.75, 3.05) is 28.8 Å². The second-order valence-electron chi connectivity index (χ2n) is 17.6. The van der Waals surface area contributed by atoms with Gasteiger partial charge in [-0.15, -0.1) is 0 Å². The highest BCUT2D eigenvalue weighted by Crippen LogP contribution is 2.57. The van der Waals surface area contributed by atoms with Gasteiger partial charge in [0.2, 0.25) is 0 Å². The Hall–Kier alpha value is -6.06. The molecule has 2 saturated carbocycles. The summed E-state index contributed by atoms with van der Waals surface area (Å²) >= 11 is 0. The average Bonchev–Trinajstić information content (AvgIpc) is 3.67. The highest BCUT2D eigenvalue weighted by atomic mass is 15.2. The first-order chi connectivity index (χ1) is 29.6. The number of nitrogens with zero attached hydrogens (tertiary/aromatic N) is 3. The minimum Gasteiger partial charge on any atom is -0.367 e. The Morgan fingerprint density at radius 1 is 0.550 bits per heavy atom. The number of anilines is 4. The molecule has 60 heavy (non-hydrogen) atoms. The third-order valence-corrected chi connectivity index (χ3v) is 14.4. The minimum atomic E-state index is 0.0416. The van der Waals surface area contributed by atoms with Crippen LogP contribution in [0.2, 0.25) is 0 Å². The molecule has 1 unspecified atom stereocenters. The smallest absolute Gasteiger partial charge is 0.0570 e. The van der Waals surface area contributed by atoms with E-state index in [4.69, 9.17) is 0 Å². The van der Waals surface area contributed by atoms with E-state index in [2.05, 4.69) is 211 Å². The van der Waals surface area contributed by atoms with Crippen molar-refractivity contribution in [1.29, 1.82) is 0 Å². The van der Waals surface area contributed by atoms with Gasteiger partial charge in [-0.05, 0) is 113 Å². The quantitative estimate of drug-likeness (QED) is 0.142. The molecule has 2 spiro atoms. The molecule has 300 valence electrons. The van der Waals surface area contributed by atoms with Crippen molar-refractivity contribution >= 4 is 44.3 Å². The van der Waals surface area contributed by atoms with Crippen molar-refractivity contribution in [1.82, 2.24) is 0 Å². The molecule has 0 amide bonds. The van der Waals surface area contributed by atoms with Gasteiger partial charge in [0.1, 0.15) is 0 Å². The first-order valence-corrected chi connectivity index (χ1v) is 22.4. The van der Waals surface area contributed by atoms with Crippen LogP contribution in [0.1, 0.15) is 75.3 Å². The summed E-state index contributed by atoms with van der Waals surface area (Å²) in [4.78, 5) is 7.42. The van der Waals surface area contributed by atoms with E-state index in [1.165, 1.54) is 108 Å². The van der Waals surface area contributed by atoms with Crippen molar-refractivity contribution < 1.29 is 0 Å². The zero-order valence-electron chi connectivity index (χ0n) is 35.3. The molecule has 1 atom stereocenters. The van der Waals surface area contributed by atoms with Crippen LogP contribution in [0.15, 0.2) is 193 Å². The summed E-state index contributed by atoms with van der Waals surface area (Å²) < 4.78 is 0. The topological polar surface area (TPSA) is 9.72 Å².